The van der Waals surface area contributed by atoms with Crippen LogP contribution in [-0.2, 0) is 0 Å². The maximum Gasteiger partial charge on any atom is 0.412 e. The molecule has 1 aliphatic heterocycles. The molecule has 1 aliphatic rings. The van der Waals surface area contributed by atoms with Crippen LogP contribution in [0.1, 0.15) is 36.8 Å². The largest absolute Gasteiger partial charge is 0.412 e. The number of hydrogen-bond donors (Lipinski definition) is 0. The van der Waals surface area contributed by atoms with E-state index in [1.807, 2.05) is 18.4 Å². The van der Waals surface area contributed by atoms with Crippen LogP contribution in [0.15, 0.2) is 28.4 Å². The Kier molecular flexibility index (Phi) is 4.51. The van der Waals surface area contributed by atoms with E-state index in [-0.39, 0.29) is 31.5 Å². The number of alkyl halides is 3. The Morgan fingerprint density at radius 1 is 1.38 bits per heavy atom. The van der Waals surface area contributed by atoms with Gasteiger partial charge in [-0.2, -0.15) is 13.2 Å². The minimum absolute atomic E-state index is 0.00539. The summed E-state index contributed by atoms with van der Waals surface area (Å²) < 4.78 is 40.3. The summed E-state index contributed by atoms with van der Waals surface area (Å²) in [7, 11) is 0. The average Bonchev–Trinajstić information content (AvgIpc) is 2.79. The summed E-state index contributed by atoms with van der Waals surface area (Å²) in [6, 6.07) is 1.80. The Morgan fingerprint density at radius 2 is 2.05 bits per heavy atom. The molecule has 21 heavy (non-hydrogen) atoms. The zero-order chi connectivity index (χ0) is 15.8. The molecule has 0 bridgehead atoms. The first-order valence-electron chi connectivity index (χ1n) is 6.63. The highest BCUT2D eigenvalue weighted by Crippen LogP contribution is 2.30. The van der Waals surface area contributed by atoms with Crippen LogP contribution in [0.2, 0.25) is 0 Å². The van der Waals surface area contributed by atoms with Crippen LogP contribution in [0.4, 0.5) is 13.2 Å². The molecule has 0 saturated carbocycles. The van der Waals surface area contributed by atoms with E-state index in [4.69, 9.17) is 0 Å². The van der Waals surface area contributed by atoms with E-state index in [2.05, 4.69) is 15.9 Å². The summed E-state index contributed by atoms with van der Waals surface area (Å²) in [4.78, 5) is 13.9. The summed E-state index contributed by atoms with van der Waals surface area (Å²) in [5.41, 5.74) is -0.0623. The predicted octanol–water partition coefficient (Wildman–Crippen LogP) is 4.17. The summed E-state index contributed by atoms with van der Waals surface area (Å²) in [6.07, 6.45) is -1.55. The van der Waals surface area contributed by atoms with Crippen molar-refractivity contribution < 1.29 is 18.0 Å². The van der Waals surface area contributed by atoms with Gasteiger partial charge in [0.1, 0.15) is 5.69 Å². The highest BCUT2D eigenvalue weighted by Gasteiger charge is 2.35. The normalized spacial score (nSPS) is 16.3. The van der Waals surface area contributed by atoms with Gasteiger partial charge < -0.3 is 9.47 Å². The monoisotopic (exact) mass is 364 g/mol. The van der Waals surface area contributed by atoms with Crippen LogP contribution in [0.5, 0.6) is 0 Å². The SMILES string of the molecule is CC(C)n1cc(Br)cc1C(=O)N1CC=C(C(F)(F)F)CC1. The van der Waals surface area contributed by atoms with Gasteiger partial charge in [0, 0.05) is 35.4 Å². The number of hydrogen-bond acceptors (Lipinski definition) is 1. The van der Waals surface area contributed by atoms with Crippen molar-refractivity contribution in [2.45, 2.75) is 32.5 Å². The first-order chi connectivity index (χ1) is 9.70. The van der Waals surface area contributed by atoms with Gasteiger partial charge in [0.15, 0.2) is 0 Å². The molecule has 0 aliphatic carbocycles. The third kappa shape index (κ3) is 3.51. The van der Waals surface area contributed by atoms with Gasteiger partial charge in [-0.3, -0.25) is 4.79 Å². The van der Waals surface area contributed by atoms with Gasteiger partial charge in [-0.1, -0.05) is 6.08 Å². The van der Waals surface area contributed by atoms with Crippen LogP contribution in [0.25, 0.3) is 0 Å². The van der Waals surface area contributed by atoms with Crippen molar-refractivity contribution in [1.82, 2.24) is 9.47 Å². The molecule has 0 fully saturated rings. The number of carbonyl (C=O) groups excluding carboxylic acids is 1. The van der Waals surface area contributed by atoms with E-state index in [0.717, 1.165) is 10.5 Å². The predicted molar refractivity (Wildman–Crippen MR) is 77.2 cm³/mol. The fourth-order valence-corrected chi connectivity index (χ4v) is 2.75. The first kappa shape index (κ1) is 16.1. The van der Waals surface area contributed by atoms with Crippen molar-refractivity contribution in [3.63, 3.8) is 0 Å². The lowest BCUT2D eigenvalue weighted by atomic mass is 10.1. The molecular formula is C14H16BrF3N2O. The fourth-order valence-electron chi connectivity index (χ4n) is 2.32. The van der Waals surface area contributed by atoms with Gasteiger partial charge in [0.05, 0.1) is 0 Å². The van der Waals surface area contributed by atoms with Crippen molar-refractivity contribution in [3.05, 3.63) is 34.1 Å². The summed E-state index contributed by atoms with van der Waals surface area (Å²) in [5.74, 6) is -0.244. The molecule has 0 spiro atoms. The van der Waals surface area contributed by atoms with Crippen molar-refractivity contribution in [3.8, 4) is 0 Å². The Hall–Kier alpha value is -1.24. The van der Waals surface area contributed by atoms with Crippen LogP contribution < -0.4 is 0 Å². The molecule has 0 unspecified atom stereocenters. The number of rotatable bonds is 2. The van der Waals surface area contributed by atoms with E-state index in [9.17, 15) is 18.0 Å². The maximum atomic E-state index is 12.6. The Bertz CT molecular complexity index is 575. The van der Waals surface area contributed by atoms with Gasteiger partial charge in [-0.05, 0) is 42.3 Å². The highest BCUT2D eigenvalue weighted by molar-refractivity contribution is 9.10. The Balaban J connectivity index is 2.18. The van der Waals surface area contributed by atoms with Crippen molar-refractivity contribution in [2.75, 3.05) is 13.1 Å². The molecule has 0 atom stereocenters. The number of halogens is 4. The molecule has 2 heterocycles. The third-order valence-corrected chi connectivity index (χ3v) is 3.88. The molecule has 3 nitrogen and oxygen atoms in total. The molecule has 0 N–H and O–H groups in total. The Morgan fingerprint density at radius 3 is 2.52 bits per heavy atom. The second-order valence-corrected chi connectivity index (χ2v) is 6.19. The number of amides is 1. The van der Waals surface area contributed by atoms with E-state index in [1.165, 1.54) is 4.90 Å². The quantitative estimate of drug-likeness (QED) is 0.723. The van der Waals surface area contributed by atoms with E-state index < -0.39 is 11.7 Å². The van der Waals surface area contributed by atoms with E-state index in [0.29, 0.717) is 5.69 Å². The number of nitrogens with zero attached hydrogens (tertiary/aromatic N) is 2. The van der Waals surface area contributed by atoms with Gasteiger partial charge in [0.2, 0.25) is 0 Å². The smallest absolute Gasteiger partial charge is 0.340 e. The molecule has 0 aromatic carbocycles. The highest BCUT2D eigenvalue weighted by atomic mass is 79.9. The van der Waals surface area contributed by atoms with Crippen molar-refractivity contribution in [2.24, 2.45) is 0 Å². The molecular weight excluding hydrogens is 349 g/mol. The van der Waals surface area contributed by atoms with Crippen LogP contribution in [0, 0.1) is 0 Å². The lowest BCUT2D eigenvalue weighted by Crippen LogP contribution is -2.37. The van der Waals surface area contributed by atoms with Crippen molar-refractivity contribution >= 4 is 21.8 Å². The van der Waals surface area contributed by atoms with E-state index >= 15 is 0 Å². The summed E-state index contributed by atoms with van der Waals surface area (Å²) >= 11 is 3.33. The van der Waals surface area contributed by atoms with Crippen LogP contribution in [-0.4, -0.2) is 34.6 Å². The first-order valence-corrected chi connectivity index (χ1v) is 7.42. The summed E-state index contributed by atoms with van der Waals surface area (Å²) in [6.45, 7) is 3.97. The maximum absolute atomic E-state index is 12.6. The van der Waals surface area contributed by atoms with Crippen molar-refractivity contribution in [1.29, 1.82) is 0 Å². The second kappa shape index (κ2) is 5.87. The molecule has 2 rings (SSSR count). The summed E-state index contributed by atoms with van der Waals surface area (Å²) in [5, 5.41) is 0. The minimum atomic E-state index is -4.30. The lowest BCUT2D eigenvalue weighted by molar-refractivity contribution is -0.0957. The topological polar surface area (TPSA) is 25.2 Å². The zero-order valence-electron chi connectivity index (χ0n) is 11.7. The average molecular weight is 365 g/mol. The number of carbonyl (C=O) groups is 1. The van der Waals surface area contributed by atoms with Gasteiger partial charge in [-0.15, -0.1) is 0 Å². The van der Waals surface area contributed by atoms with Crippen LogP contribution >= 0.6 is 15.9 Å². The minimum Gasteiger partial charge on any atom is -0.340 e. The van der Waals surface area contributed by atoms with Gasteiger partial charge in [0.25, 0.3) is 5.91 Å². The standard InChI is InChI=1S/C14H16BrF3N2O/c1-9(2)20-8-11(15)7-12(20)13(21)19-5-3-10(4-6-19)14(16,17)18/h3,7-9H,4-6H2,1-2H3. The molecule has 0 saturated heterocycles. The molecule has 1 aromatic heterocycles. The molecule has 1 aromatic rings. The van der Waals surface area contributed by atoms with Gasteiger partial charge >= 0.3 is 6.18 Å². The third-order valence-electron chi connectivity index (χ3n) is 3.45. The lowest BCUT2D eigenvalue weighted by Gasteiger charge is -2.28. The molecule has 116 valence electrons. The Labute approximate surface area is 129 Å². The van der Waals surface area contributed by atoms with Crippen LogP contribution in [0.3, 0.4) is 0 Å². The molecule has 0 radical (unpaired) electrons. The second-order valence-electron chi connectivity index (χ2n) is 5.27. The fraction of sp³-hybridized carbons (Fsp3) is 0.500. The number of aromatic nitrogens is 1. The van der Waals surface area contributed by atoms with E-state index in [1.54, 1.807) is 12.3 Å². The molecule has 7 heteroatoms. The molecule has 1 amide bonds. The zero-order valence-corrected chi connectivity index (χ0v) is 13.3. The van der Waals surface area contributed by atoms with Gasteiger partial charge in [-0.25, -0.2) is 0 Å².